The molecule has 0 aromatic carbocycles. The summed E-state index contributed by atoms with van der Waals surface area (Å²) < 4.78 is 1.85. The van der Waals surface area contributed by atoms with Gasteiger partial charge in [-0.15, -0.1) is 0 Å². The summed E-state index contributed by atoms with van der Waals surface area (Å²) in [4.78, 5) is 0. The summed E-state index contributed by atoms with van der Waals surface area (Å²) in [7, 11) is 2.17. The molecule has 2 aliphatic carbocycles. The summed E-state index contributed by atoms with van der Waals surface area (Å²) in [6.07, 6.45) is 14.9. The lowest BCUT2D eigenvalue weighted by molar-refractivity contribution is 0.493. The summed E-state index contributed by atoms with van der Waals surface area (Å²) in [6.45, 7) is 0. The van der Waals surface area contributed by atoms with Crippen LogP contribution in [0.1, 0.15) is 6.42 Å². The van der Waals surface area contributed by atoms with E-state index >= 15 is 0 Å². The Morgan fingerprint density at radius 3 is 2.73 bits per heavy atom. The second kappa shape index (κ2) is 5.04. The van der Waals surface area contributed by atoms with Crippen molar-refractivity contribution in [2.24, 2.45) is 11.8 Å². The maximum atomic E-state index is 3.51. The van der Waals surface area contributed by atoms with Gasteiger partial charge in [0, 0.05) is 8.41 Å². The number of hydrogen-bond acceptors (Lipinski definition) is 0. The van der Waals surface area contributed by atoms with Crippen molar-refractivity contribution in [1.29, 1.82) is 0 Å². The fourth-order valence-electron chi connectivity index (χ4n) is 2.06. The van der Waals surface area contributed by atoms with Gasteiger partial charge in [0.2, 0.25) is 0 Å². The molecule has 0 nitrogen and oxygen atoms in total. The maximum Gasteiger partial charge on any atom is 0.138 e. The van der Waals surface area contributed by atoms with Gasteiger partial charge in [-0.2, -0.15) is 0 Å². The van der Waals surface area contributed by atoms with Crippen LogP contribution in [-0.2, 0) is 0 Å². The van der Waals surface area contributed by atoms with Crippen LogP contribution in [-0.4, -0.2) is 11.8 Å². The van der Waals surface area contributed by atoms with E-state index in [4.69, 9.17) is 0 Å². The summed E-state index contributed by atoms with van der Waals surface area (Å²) >= 11 is 6.05. The molecule has 0 N–H and O–H groups in total. The Labute approximate surface area is 114 Å². The van der Waals surface area contributed by atoms with Crippen molar-refractivity contribution in [3.63, 3.8) is 0 Å². The topological polar surface area (TPSA) is 0 Å². The first-order valence-electron chi connectivity index (χ1n) is 5.21. The molecular formula is C12H13BBrI. The zero-order valence-corrected chi connectivity index (χ0v) is 12.4. The zero-order chi connectivity index (χ0) is 10.8. The molecule has 0 saturated carbocycles. The molecule has 78 valence electrons. The lowest BCUT2D eigenvalue weighted by Gasteiger charge is -2.28. The number of allylic oxidation sites excluding steroid dienone is 8. The minimum Gasteiger partial charge on any atom is -0.0921 e. The average molecular weight is 375 g/mol. The molecule has 0 heterocycles. The Bertz CT molecular complexity index is 368. The predicted octanol–water partition coefficient (Wildman–Crippen LogP) is 3.35. The molecule has 0 amide bonds. The highest BCUT2D eigenvalue weighted by molar-refractivity contribution is 14.1. The molecule has 3 atom stereocenters. The predicted molar refractivity (Wildman–Crippen MR) is 81.3 cm³/mol. The lowest BCUT2D eigenvalue weighted by atomic mass is 9.79. The van der Waals surface area contributed by atoms with Gasteiger partial charge in [-0.3, -0.25) is 0 Å². The van der Waals surface area contributed by atoms with Gasteiger partial charge in [0.05, 0.1) is 0 Å². The molecule has 3 heteroatoms. The molecule has 0 spiro atoms. The SMILES string of the molecule is BC1=C[C@H](I)C([C@@H]2C=CC(Br)=CC2)C=C1. The molecule has 15 heavy (non-hydrogen) atoms. The van der Waals surface area contributed by atoms with Crippen LogP contribution in [0, 0.1) is 11.8 Å². The standard InChI is InChI=1S/C12H13BBrI/c13-9-3-6-11(12(15)7-9)8-1-4-10(14)5-2-8/h1,3-8,11-12H,2,13H2/t8-,11?,12+/m1/s1. The van der Waals surface area contributed by atoms with E-state index in [1.807, 2.05) is 0 Å². The van der Waals surface area contributed by atoms with Crippen LogP contribution in [0.3, 0.4) is 0 Å². The summed E-state index contributed by atoms with van der Waals surface area (Å²) in [5.74, 6) is 1.32. The second-order valence-corrected chi connectivity index (χ2v) is 6.49. The number of rotatable bonds is 1. The highest BCUT2D eigenvalue weighted by Crippen LogP contribution is 2.34. The molecule has 0 aliphatic heterocycles. The molecular weight excluding hydrogens is 362 g/mol. The van der Waals surface area contributed by atoms with E-state index in [-0.39, 0.29) is 0 Å². The molecule has 1 unspecified atom stereocenters. The minimum absolute atomic E-state index is 0.632. The molecule has 0 bridgehead atoms. The number of hydrogen-bond donors (Lipinski definition) is 0. The molecule has 2 rings (SSSR count). The average Bonchev–Trinajstić information content (AvgIpc) is 2.20. The highest BCUT2D eigenvalue weighted by atomic mass is 127. The third-order valence-corrected chi connectivity index (χ3v) is 4.73. The van der Waals surface area contributed by atoms with E-state index in [2.05, 4.69) is 82.8 Å². The largest absolute Gasteiger partial charge is 0.138 e. The minimum atomic E-state index is 0.632. The first kappa shape index (κ1) is 11.7. The van der Waals surface area contributed by atoms with Crippen LogP contribution in [0.25, 0.3) is 0 Å². The number of halogens is 2. The summed E-state index contributed by atoms with van der Waals surface area (Å²) in [6, 6.07) is 0. The summed E-state index contributed by atoms with van der Waals surface area (Å²) in [5, 5.41) is 0. The Kier molecular flexibility index (Phi) is 3.94. The number of alkyl halides is 1. The quantitative estimate of drug-likeness (QED) is 0.375. The van der Waals surface area contributed by atoms with Crippen LogP contribution < -0.4 is 0 Å². The third kappa shape index (κ3) is 2.87. The van der Waals surface area contributed by atoms with Crippen molar-refractivity contribution in [1.82, 2.24) is 0 Å². The molecule has 0 fully saturated rings. The van der Waals surface area contributed by atoms with Crippen LogP contribution >= 0.6 is 38.5 Å². The van der Waals surface area contributed by atoms with Crippen LogP contribution in [0.15, 0.2) is 46.4 Å². The second-order valence-electron chi connectivity index (χ2n) is 4.14. The lowest BCUT2D eigenvalue weighted by Crippen LogP contribution is -2.22. The molecule has 0 aromatic rings. The van der Waals surface area contributed by atoms with Gasteiger partial charge in [0.25, 0.3) is 0 Å². The van der Waals surface area contributed by atoms with Crippen LogP contribution in [0.2, 0.25) is 0 Å². The van der Waals surface area contributed by atoms with E-state index in [9.17, 15) is 0 Å². The molecule has 0 radical (unpaired) electrons. The van der Waals surface area contributed by atoms with Gasteiger partial charge in [0.1, 0.15) is 7.85 Å². The van der Waals surface area contributed by atoms with E-state index in [0.29, 0.717) is 15.8 Å². The van der Waals surface area contributed by atoms with E-state index in [1.54, 1.807) is 0 Å². The van der Waals surface area contributed by atoms with Crippen molar-refractivity contribution in [3.8, 4) is 0 Å². The zero-order valence-electron chi connectivity index (χ0n) is 8.66. The fraction of sp³-hybridized carbons (Fsp3) is 0.333. The van der Waals surface area contributed by atoms with E-state index in [1.165, 1.54) is 9.95 Å². The molecule has 2 aliphatic rings. The van der Waals surface area contributed by atoms with Crippen LogP contribution in [0.5, 0.6) is 0 Å². The van der Waals surface area contributed by atoms with Gasteiger partial charge >= 0.3 is 0 Å². The van der Waals surface area contributed by atoms with Crippen LogP contribution in [0.4, 0.5) is 0 Å². The van der Waals surface area contributed by atoms with Gasteiger partial charge < -0.3 is 0 Å². The summed E-state index contributed by atoms with van der Waals surface area (Å²) in [5.41, 5.74) is 1.39. The van der Waals surface area contributed by atoms with E-state index in [0.717, 1.165) is 6.42 Å². The normalized spacial score (nSPS) is 34.9. The van der Waals surface area contributed by atoms with Crippen molar-refractivity contribution in [2.75, 3.05) is 0 Å². The van der Waals surface area contributed by atoms with Crippen molar-refractivity contribution >= 4 is 46.4 Å². The fourth-order valence-corrected chi connectivity index (χ4v) is 3.74. The van der Waals surface area contributed by atoms with Crippen molar-refractivity contribution < 1.29 is 0 Å². The Morgan fingerprint density at radius 1 is 1.33 bits per heavy atom. The van der Waals surface area contributed by atoms with Gasteiger partial charge in [-0.25, -0.2) is 0 Å². The van der Waals surface area contributed by atoms with E-state index < -0.39 is 0 Å². The monoisotopic (exact) mass is 374 g/mol. The van der Waals surface area contributed by atoms with Gasteiger partial charge in [0.15, 0.2) is 0 Å². The highest BCUT2D eigenvalue weighted by Gasteiger charge is 2.24. The van der Waals surface area contributed by atoms with Crippen molar-refractivity contribution in [2.45, 2.75) is 10.3 Å². The molecule has 0 aromatic heterocycles. The van der Waals surface area contributed by atoms with Gasteiger partial charge in [-0.1, -0.05) is 80.4 Å². The smallest absolute Gasteiger partial charge is 0.0921 e. The van der Waals surface area contributed by atoms with Gasteiger partial charge in [-0.05, 0) is 18.3 Å². The Hall–Kier alpha value is 0.235. The first-order chi connectivity index (χ1) is 7.16. The Morgan fingerprint density at radius 2 is 2.13 bits per heavy atom. The van der Waals surface area contributed by atoms with Crippen molar-refractivity contribution in [3.05, 3.63) is 46.4 Å². The molecule has 0 saturated heterocycles. The maximum absolute atomic E-state index is 3.51. The first-order valence-corrected chi connectivity index (χ1v) is 7.25. The Balaban J connectivity index is 2.08. The third-order valence-electron chi connectivity index (χ3n) is 2.95.